The van der Waals surface area contributed by atoms with Crippen molar-refractivity contribution >= 4 is 22.6 Å². The summed E-state index contributed by atoms with van der Waals surface area (Å²) in [5.74, 6) is 0.582. The third-order valence-electron chi connectivity index (χ3n) is 5.20. The molecule has 0 saturated heterocycles. The van der Waals surface area contributed by atoms with Gasteiger partial charge in [-0.3, -0.25) is 9.69 Å². The predicted molar refractivity (Wildman–Crippen MR) is 109 cm³/mol. The van der Waals surface area contributed by atoms with Crippen molar-refractivity contribution in [2.45, 2.75) is 19.5 Å². The van der Waals surface area contributed by atoms with E-state index < -0.39 is 0 Å². The van der Waals surface area contributed by atoms with Crippen LogP contribution in [0.5, 0.6) is 0 Å². The Morgan fingerprint density at radius 3 is 2.89 bits per heavy atom. The van der Waals surface area contributed by atoms with E-state index in [1.54, 1.807) is 18.3 Å². The van der Waals surface area contributed by atoms with Gasteiger partial charge in [-0.15, -0.1) is 0 Å². The zero-order valence-electron chi connectivity index (χ0n) is 15.1. The average Bonchev–Trinajstić information content (AvgIpc) is 3.11. The van der Waals surface area contributed by atoms with Crippen LogP contribution in [-0.2, 0) is 19.5 Å². The van der Waals surface area contributed by atoms with Crippen molar-refractivity contribution in [1.82, 2.24) is 24.8 Å². The SMILES string of the molecule is O=c1[nH]c(-c2ccc(Cl)cc2)nc2c1CCN(Cc1c[nH]c3ncccc13)C2. The second kappa shape index (κ2) is 6.89. The number of aromatic amines is 2. The molecule has 0 bridgehead atoms. The molecule has 7 heteroatoms. The van der Waals surface area contributed by atoms with Gasteiger partial charge in [0.05, 0.1) is 5.69 Å². The summed E-state index contributed by atoms with van der Waals surface area (Å²) in [4.78, 5) is 30.1. The first-order chi connectivity index (χ1) is 13.7. The van der Waals surface area contributed by atoms with Gasteiger partial charge in [-0.2, -0.15) is 0 Å². The highest BCUT2D eigenvalue weighted by molar-refractivity contribution is 6.30. The second-order valence-corrected chi connectivity index (χ2v) is 7.46. The van der Waals surface area contributed by atoms with Crippen molar-refractivity contribution in [1.29, 1.82) is 0 Å². The predicted octanol–water partition coefficient (Wildman–Crippen LogP) is 3.52. The number of aromatic nitrogens is 4. The van der Waals surface area contributed by atoms with Crippen molar-refractivity contribution < 1.29 is 0 Å². The number of halogens is 1. The van der Waals surface area contributed by atoms with Gasteiger partial charge in [-0.05, 0) is 48.4 Å². The fourth-order valence-corrected chi connectivity index (χ4v) is 3.88. The number of nitrogens with zero attached hydrogens (tertiary/aromatic N) is 3. The van der Waals surface area contributed by atoms with Crippen LogP contribution in [0.4, 0.5) is 0 Å². The van der Waals surface area contributed by atoms with Gasteiger partial charge in [-0.1, -0.05) is 11.6 Å². The van der Waals surface area contributed by atoms with Crippen LogP contribution in [-0.4, -0.2) is 31.4 Å². The fourth-order valence-electron chi connectivity index (χ4n) is 3.76. The molecule has 0 unspecified atom stereocenters. The summed E-state index contributed by atoms with van der Waals surface area (Å²) >= 11 is 5.97. The molecule has 1 aliphatic rings. The topological polar surface area (TPSA) is 77.7 Å². The van der Waals surface area contributed by atoms with Crippen LogP contribution in [0.25, 0.3) is 22.4 Å². The van der Waals surface area contributed by atoms with Crippen molar-refractivity contribution in [2.75, 3.05) is 6.54 Å². The maximum atomic E-state index is 12.6. The Bertz CT molecular complexity index is 1210. The van der Waals surface area contributed by atoms with E-state index in [1.165, 1.54) is 5.56 Å². The minimum atomic E-state index is -0.0501. The molecule has 4 aromatic rings. The molecule has 0 spiro atoms. The lowest BCUT2D eigenvalue weighted by molar-refractivity contribution is 0.241. The van der Waals surface area contributed by atoms with Crippen molar-refractivity contribution in [3.63, 3.8) is 0 Å². The Morgan fingerprint density at radius 1 is 1.18 bits per heavy atom. The summed E-state index contributed by atoms with van der Waals surface area (Å²) in [7, 11) is 0. The van der Waals surface area contributed by atoms with Gasteiger partial charge < -0.3 is 9.97 Å². The van der Waals surface area contributed by atoms with Crippen molar-refractivity contribution in [3.05, 3.63) is 81.0 Å². The first-order valence-corrected chi connectivity index (χ1v) is 9.56. The van der Waals surface area contributed by atoms with Crippen LogP contribution >= 0.6 is 11.6 Å². The van der Waals surface area contributed by atoms with E-state index in [-0.39, 0.29) is 5.56 Å². The molecule has 0 radical (unpaired) electrons. The quantitative estimate of drug-likeness (QED) is 0.560. The van der Waals surface area contributed by atoms with Crippen LogP contribution in [0, 0.1) is 0 Å². The molecule has 2 N–H and O–H groups in total. The molecule has 1 aliphatic heterocycles. The molecular formula is C21H18ClN5O. The fraction of sp³-hybridized carbons (Fsp3) is 0.190. The minimum absolute atomic E-state index is 0.0501. The summed E-state index contributed by atoms with van der Waals surface area (Å²) in [6.07, 6.45) is 4.49. The molecule has 0 saturated carbocycles. The number of benzene rings is 1. The maximum Gasteiger partial charge on any atom is 0.254 e. The molecule has 5 rings (SSSR count). The monoisotopic (exact) mass is 391 g/mol. The summed E-state index contributed by atoms with van der Waals surface area (Å²) < 4.78 is 0. The number of nitrogens with one attached hydrogen (secondary N) is 2. The Balaban J connectivity index is 1.44. The number of hydrogen-bond acceptors (Lipinski definition) is 4. The van der Waals surface area contributed by atoms with Gasteiger partial charge >= 0.3 is 0 Å². The lowest BCUT2D eigenvalue weighted by atomic mass is 10.0. The second-order valence-electron chi connectivity index (χ2n) is 7.02. The Hall–Kier alpha value is -2.96. The summed E-state index contributed by atoms with van der Waals surface area (Å²) in [5.41, 5.74) is 4.53. The van der Waals surface area contributed by atoms with Crippen LogP contribution in [0.3, 0.4) is 0 Å². The van der Waals surface area contributed by atoms with Gasteiger partial charge in [0.2, 0.25) is 0 Å². The molecule has 28 heavy (non-hydrogen) atoms. The maximum absolute atomic E-state index is 12.6. The lowest BCUT2D eigenvalue weighted by Gasteiger charge is -2.27. The zero-order valence-corrected chi connectivity index (χ0v) is 15.8. The third-order valence-corrected chi connectivity index (χ3v) is 5.45. The van der Waals surface area contributed by atoms with E-state index in [0.717, 1.165) is 40.9 Å². The molecule has 3 aromatic heterocycles. The lowest BCUT2D eigenvalue weighted by Crippen LogP contribution is -2.35. The molecule has 140 valence electrons. The average molecular weight is 392 g/mol. The van der Waals surface area contributed by atoms with Crippen LogP contribution in [0.2, 0.25) is 5.02 Å². The minimum Gasteiger partial charge on any atom is -0.346 e. The van der Waals surface area contributed by atoms with Crippen molar-refractivity contribution in [3.8, 4) is 11.4 Å². The summed E-state index contributed by atoms with van der Waals surface area (Å²) in [6.45, 7) is 2.26. The normalized spacial score (nSPS) is 14.3. The number of fused-ring (bicyclic) bond motifs is 2. The Kier molecular flexibility index (Phi) is 4.22. The Morgan fingerprint density at radius 2 is 2.04 bits per heavy atom. The molecule has 0 atom stereocenters. The standard InChI is InChI=1S/C21H18ClN5O/c22-15-5-3-13(4-6-15)19-25-18-12-27(9-7-17(18)21(28)26-19)11-14-10-24-20-16(14)2-1-8-23-20/h1-6,8,10H,7,9,11-12H2,(H,23,24)(H,25,26,28). The van der Waals surface area contributed by atoms with Gasteiger partial charge in [0, 0.05) is 53.6 Å². The third kappa shape index (κ3) is 3.10. The van der Waals surface area contributed by atoms with Gasteiger partial charge in [0.1, 0.15) is 11.5 Å². The number of hydrogen-bond donors (Lipinski definition) is 2. The highest BCUT2D eigenvalue weighted by atomic mass is 35.5. The first-order valence-electron chi connectivity index (χ1n) is 9.19. The smallest absolute Gasteiger partial charge is 0.254 e. The highest BCUT2D eigenvalue weighted by Crippen LogP contribution is 2.23. The van der Waals surface area contributed by atoms with Crippen LogP contribution in [0.15, 0.2) is 53.6 Å². The van der Waals surface area contributed by atoms with E-state index in [9.17, 15) is 4.79 Å². The zero-order chi connectivity index (χ0) is 19.1. The van der Waals surface area contributed by atoms with E-state index >= 15 is 0 Å². The van der Waals surface area contributed by atoms with Crippen LogP contribution < -0.4 is 5.56 Å². The molecule has 0 fully saturated rings. The molecule has 0 amide bonds. The molecule has 4 heterocycles. The molecule has 1 aromatic carbocycles. The summed E-state index contributed by atoms with van der Waals surface area (Å²) in [5, 5.41) is 1.79. The van der Waals surface area contributed by atoms with Gasteiger partial charge in [-0.25, -0.2) is 9.97 Å². The van der Waals surface area contributed by atoms with E-state index in [0.29, 0.717) is 23.8 Å². The molecule has 6 nitrogen and oxygen atoms in total. The highest BCUT2D eigenvalue weighted by Gasteiger charge is 2.22. The van der Waals surface area contributed by atoms with E-state index in [4.69, 9.17) is 16.6 Å². The first kappa shape index (κ1) is 17.2. The number of H-pyrrole nitrogens is 2. The Labute approximate surface area is 166 Å². The van der Waals surface area contributed by atoms with Crippen molar-refractivity contribution in [2.24, 2.45) is 0 Å². The largest absolute Gasteiger partial charge is 0.346 e. The van der Waals surface area contributed by atoms with Gasteiger partial charge in [0.15, 0.2) is 0 Å². The van der Waals surface area contributed by atoms with Gasteiger partial charge in [0.25, 0.3) is 5.56 Å². The molecular weight excluding hydrogens is 374 g/mol. The van der Waals surface area contributed by atoms with E-state index in [1.807, 2.05) is 24.4 Å². The number of pyridine rings is 1. The number of rotatable bonds is 3. The van der Waals surface area contributed by atoms with Crippen LogP contribution in [0.1, 0.15) is 16.8 Å². The molecule has 0 aliphatic carbocycles. The van der Waals surface area contributed by atoms with E-state index in [2.05, 4.69) is 25.9 Å². The summed E-state index contributed by atoms with van der Waals surface area (Å²) in [6, 6.07) is 11.4.